The highest BCUT2D eigenvalue weighted by atomic mass is 16.5. The molecule has 3 rings (SSSR count). The predicted octanol–water partition coefficient (Wildman–Crippen LogP) is 1.79. The van der Waals surface area contributed by atoms with Gasteiger partial charge in [0.1, 0.15) is 0 Å². The number of benzene rings is 1. The summed E-state index contributed by atoms with van der Waals surface area (Å²) >= 11 is 0. The van der Waals surface area contributed by atoms with E-state index in [2.05, 4.69) is 0 Å². The normalized spacial score (nSPS) is 24.5. The average Bonchev–Trinajstić information content (AvgIpc) is 2.83. The molecule has 2 heterocycles. The lowest BCUT2D eigenvalue weighted by molar-refractivity contribution is -0.131. The number of hydrogen-bond acceptors (Lipinski definition) is 3. The first-order valence-electron chi connectivity index (χ1n) is 7.07. The van der Waals surface area contributed by atoms with Gasteiger partial charge in [-0.05, 0) is 36.6 Å². The standard InChI is InChI=1S/C16H17NO4/c18-15(19)7-4-11-2-1-3-12(8-11)16(20)17-9-13-5-6-14(10-17)21-13/h1-4,7-8,13-14H,5-6,9-10H2,(H,18,19). The fourth-order valence-corrected chi connectivity index (χ4v) is 2.91. The van der Waals surface area contributed by atoms with Crippen molar-refractivity contribution < 1.29 is 19.4 Å². The summed E-state index contributed by atoms with van der Waals surface area (Å²) in [6, 6.07) is 7.03. The smallest absolute Gasteiger partial charge is 0.328 e. The van der Waals surface area contributed by atoms with E-state index < -0.39 is 5.97 Å². The van der Waals surface area contributed by atoms with Crippen molar-refractivity contribution in [3.05, 3.63) is 41.5 Å². The van der Waals surface area contributed by atoms with E-state index in [1.807, 2.05) is 4.90 Å². The number of amides is 1. The van der Waals surface area contributed by atoms with E-state index in [-0.39, 0.29) is 18.1 Å². The van der Waals surface area contributed by atoms with E-state index in [0.717, 1.165) is 18.9 Å². The molecular weight excluding hydrogens is 270 g/mol. The summed E-state index contributed by atoms with van der Waals surface area (Å²) in [5.74, 6) is -1.02. The van der Waals surface area contributed by atoms with Crippen LogP contribution >= 0.6 is 0 Å². The highest BCUT2D eigenvalue weighted by Gasteiger charge is 2.35. The van der Waals surface area contributed by atoms with Crippen LogP contribution in [0.25, 0.3) is 6.08 Å². The molecule has 1 aromatic carbocycles. The fraction of sp³-hybridized carbons (Fsp3) is 0.375. The van der Waals surface area contributed by atoms with Crippen LogP contribution in [0.4, 0.5) is 0 Å². The molecule has 1 N–H and O–H groups in total. The summed E-state index contributed by atoms with van der Waals surface area (Å²) < 4.78 is 5.73. The first kappa shape index (κ1) is 13.8. The Morgan fingerprint density at radius 1 is 1.24 bits per heavy atom. The molecule has 2 aliphatic heterocycles. The molecule has 0 aromatic heterocycles. The quantitative estimate of drug-likeness (QED) is 0.861. The lowest BCUT2D eigenvalue weighted by Gasteiger charge is -2.32. The summed E-state index contributed by atoms with van der Waals surface area (Å²) in [6.07, 6.45) is 4.94. The Morgan fingerprint density at radius 3 is 2.62 bits per heavy atom. The van der Waals surface area contributed by atoms with Gasteiger partial charge in [0.25, 0.3) is 5.91 Å². The maximum absolute atomic E-state index is 12.5. The van der Waals surface area contributed by atoms with Crippen LogP contribution < -0.4 is 0 Å². The van der Waals surface area contributed by atoms with Crippen LogP contribution in [0.1, 0.15) is 28.8 Å². The van der Waals surface area contributed by atoms with E-state index in [1.54, 1.807) is 24.3 Å². The molecule has 5 heteroatoms. The van der Waals surface area contributed by atoms with Crippen molar-refractivity contribution in [1.82, 2.24) is 4.90 Å². The molecule has 2 unspecified atom stereocenters. The third kappa shape index (κ3) is 3.13. The van der Waals surface area contributed by atoms with Crippen molar-refractivity contribution in [2.45, 2.75) is 25.0 Å². The third-order valence-electron chi connectivity index (χ3n) is 3.88. The molecule has 0 aliphatic carbocycles. The zero-order chi connectivity index (χ0) is 14.8. The molecule has 110 valence electrons. The number of morpholine rings is 1. The van der Waals surface area contributed by atoms with Gasteiger partial charge in [-0.25, -0.2) is 4.79 Å². The van der Waals surface area contributed by atoms with Crippen molar-refractivity contribution in [3.8, 4) is 0 Å². The van der Waals surface area contributed by atoms with Gasteiger partial charge in [-0.2, -0.15) is 0 Å². The second-order valence-electron chi connectivity index (χ2n) is 5.46. The summed E-state index contributed by atoms with van der Waals surface area (Å²) in [5.41, 5.74) is 1.29. The zero-order valence-electron chi connectivity index (χ0n) is 11.6. The molecule has 21 heavy (non-hydrogen) atoms. The first-order chi connectivity index (χ1) is 10.1. The number of carboxylic acids is 1. The van der Waals surface area contributed by atoms with Crippen molar-refractivity contribution in [3.63, 3.8) is 0 Å². The minimum absolute atomic E-state index is 0.0132. The Morgan fingerprint density at radius 2 is 1.95 bits per heavy atom. The number of rotatable bonds is 3. The van der Waals surface area contributed by atoms with Crippen LogP contribution in [0.3, 0.4) is 0 Å². The van der Waals surface area contributed by atoms with Gasteiger partial charge >= 0.3 is 5.97 Å². The number of ether oxygens (including phenoxy) is 1. The largest absolute Gasteiger partial charge is 0.478 e. The molecule has 5 nitrogen and oxygen atoms in total. The molecule has 2 bridgehead atoms. The van der Waals surface area contributed by atoms with Gasteiger partial charge in [-0.15, -0.1) is 0 Å². The van der Waals surface area contributed by atoms with Crippen LogP contribution in [0.15, 0.2) is 30.3 Å². The summed E-state index contributed by atoms with van der Waals surface area (Å²) in [7, 11) is 0. The number of carbonyl (C=O) groups excluding carboxylic acids is 1. The van der Waals surface area contributed by atoms with Crippen LogP contribution in [-0.4, -0.2) is 47.2 Å². The Balaban J connectivity index is 1.75. The number of fused-ring (bicyclic) bond motifs is 2. The van der Waals surface area contributed by atoms with Gasteiger partial charge in [0.15, 0.2) is 0 Å². The van der Waals surface area contributed by atoms with Gasteiger partial charge in [-0.1, -0.05) is 12.1 Å². The summed E-state index contributed by atoms with van der Waals surface area (Å²) in [5, 5.41) is 8.65. The monoisotopic (exact) mass is 287 g/mol. The van der Waals surface area contributed by atoms with Crippen molar-refractivity contribution in [2.75, 3.05) is 13.1 Å². The highest BCUT2D eigenvalue weighted by molar-refractivity contribution is 5.95. The van der Waals surface area contributed by atoms with E-state index >= 15 is 0 Å². The topological polar surface area (TPSA) is 66.8 Å². The zero-order valence-corrected chi connectivity index (χ0v) is 11.6. The molecule has 2 fully saturated rings. The SMILES string of the molecule is O=C(O)C=Cc1cccc(C(=O)N2CC3CCC(C2)O3)c1. The van der Waals surface area contributed by atoms with E-state index in [0.29, 0.717) is 24.2 Å². The average molecular weight is 287 g/mol. The second-order valence-corrected chi connectivity index (χ2v) is 5.46. The molecule has 2 atom stereocenters. The van der Waals surface area contributed by atoms with Crippen LogP contribution in [0, 0.1) is 0 Å². The summed E-state index contributed by atoms with van der Waals surface area (Å²) in [6.45, 7) is 1.29. The predicted molar refractivity (Wildman–Crippen MR) is 76.9 cm³/mol. The summed E-state index contributed by atoms with van der Waals surface area (Å²) in [4.78, 5) is 24.9. The van der Waals surface area contributed by atoms with Gasteiger partial charge in [0.2, 0.25) is 0 Å². The van der Waals surface area contributed by atoms with Crippen LogP contribution in [0.5, 0.6) is 0 Å². The molecule has 2 saturated heterocycles. The molecule has 0 saturated carbocycles. The Bertz CT molecular complexity index is 584. The number of aliphatic carboxylic acids is 1. The number of likely N-dealkylation sites (tertiary alicyclic amines) is 1. The molecule has 2 aliphatic rings. The van der Waals surface area contributed by atoms with E-state index in [4.69, 9.17) is 9.84 Å². The minimum Gasteiger partial charge on any atom is -0.478 e. The van der Waals surface area contributed by atoms with Gasteiger partial charge < -0.3 is 14.7 Å². The Labute approximate surface area is 122 Å². The Kier molecular flexibility index (Phi) is 3.75. The number of nitrogens with zero attached hydrogens (tertiary/aromatic N) is 1. The molecule has 1 amide bonds. The fourth-order valence-electron chi connectivity index (χ4n) is 2.91. The van der Waals surface area contributed by atoms with E-state index in [9.17, 15) is 9.59 Å². The Hall–Kier alpha value is -2.14. The van der Waals surface area contributed by atoms with Gasteiger partial charge in [0.05, 0.1) is 12.2 Å². The molecule has 0 radical (unpaired) electrons. The van der Waals surface area contributed by atoms with Crippen LogP contribution in [-0.2, 0) is 9.53 Å². The second kappa shape index (κ2) is 5.69. The number of carboxylic acid groups (broad SMARTS) is 1. The number of hydrogen-bond donors (Lipinski definition) is 1. The van der Waals surface area contributed by atoms with Crippen molar-refractivity contribution in [1.29, 1.82) is 0 Å². The maximum Gasteiger partial charge on any atom is 0.328 e. The minimum atomic E-state index is -1.00. The highest BCUT2D eigenvalue weighted by Crippen LogP contribution is 2.27. The first-order valence-corrected chi connectivity index (χ1v) is 7.07. The van der Waals surface area contributed by atoms with Gasteiger partial charge in [-0.3, -0.25) is 4.79 Å². The third-order valence-corrected chi connectivity index (χ3v) is 3.88. The van der Waals surface area contributed by atoms with Crippen molar-refractivity contribution in [2.24, 2.45) is 0 Å². The lowest BCUT2D eigenvalue weighted by Crippen LogP contribution is -2.45. The molecular formula is C16H17NO4. The maximum atomic E-state index is 12.5. The van der Waals surface area contributed by atoms with E-state index in [1.165, 1.54) is 6.08 Å². The molecule has 1 aromatic rings. The van der Waals surface area contributed by atoms with Crippen LogP contribution in [0.2, 0.25) is 0 Å². The van der Waals surface area contributed by atoms with Crippen molar-refractivity contribution >= 4 is 18.0 Å². The number of carbonyl (C=O) groups is 2. The lowest BCUT2D eigenvalue weighted by atomic mass is 10.1. The van der Waals surface area contributed by atoms with Gasteiger partial charge in [0, 0.05) is 24.7 Å². The molecule has 0 spiro atoms.